The maximum atomic E-state index is 10.1. The summed E-state index contributed by atoms with van der Waals surface area (Å²) in [6, 6.07) is 0. The number of nitrogens with one attached hydrogen (secondary N) is 2. The standard InChI is InChI=1S/C10H22N2O/c1-9(2)7-12-8-10(13)3-5-11-6-4-10/h9,11-13H,3-8H2,1-2H3. The summed E-state index contributed by atoms with van der Waals surface area (Å²) in [5.74, 6) is 0.658. The van der Waals surface area contributed by atoms with E-state index in [4.69, 9.17) is 0 Å². The van der Waals surface area contributed by atoms with Crippen molar-refractivity contribution >= 4 is 0 Å². The van der Waals surface area contributed by atoms with Crippen molar-refractivity contribution in [3.05, 3.63) is 0 Å². The minimum absolute atomic E-state index is 0.458. The van der Waals surface area contributed by atoms with Gasteiger partial charge in [0.2, 0.25) is 0 Å². The molecule has 0 bridgehead atoms. The summed E-state index contributed by atoms with van der Waals surface area (Å²) in [7, 11) is 0. The zero-order valence-corrected chi connectivity index (χ0v) is 8.77. The van der Waals surface area contributed by atoms with E-state index in [-0.39, 0.29) is 0 Å². The zero-order chi connectivity index (χ0) is 9.73. The van der Waals surface area contributed by atoms with Crippen LogP contribution in [0.4, 0.5) is 0 Å². The van der Waals surface area contributed by atoms with Crippen LogP contribution in [0.5, 0.6) is 0 Å². The molecule has 0 aliphatic carbocycles. The summed E-state index contributed by atoms with van der Waals surface area (Å²) in [4.78, 5) is 0. The molecule has 0 saturated carbocycles. The van der Waals surface area contributed by atoms with Crippen molar-refractivity contribution in [1.82, 2.24) is 10.6 Å². The van der Waals surface area contributed by atoms with Gasteiger partial charge in [0.1, 0.15) is 0 Å². The van der Waals surface area contributed by atoms with Gasteiger partial charge in [0, 0.05) is 6.54 Å². The van der Waals surface area contributed by atoms with E-state index in [1.165, 1.54) is 0 Å². The average Bonchev–Trinajstić information content (AvgIpc) is 2.04. The SMILES string of the molecule is CC(C)CNCC1(O)CCNCC1. The Labute approximate surface area is 80.9 Å². The molecule has 1 saturated heterocycles. The number of piperidine rings is 1. The Morgan fingerprint density at radius 2 is 2.00 bits per heavy atom. The molecule has 0 amide bonds. The third kappa shape index (κ3) is 4.07. The fourth-order valence-corrected chi connectivity index (χ4v) is 1.66. The normalized spacial score (nSPS) is 22.2. The second-order valence-corrected chi connectivity index (χ2v) is 4.50. The molecule has 0 aromatic heterocycles. The van der Waals surface area contributed by atoms with Crippen LogP contribution >= 0.6 is 0 Å². The maximum Gasteiger partial charge on any atom is 0.0795 e. The first-order valence-corrected chi connectivity index (χ1v) is 5.26. The quantitative estimate of drug-likeness (QED) is 0.593. The highest BCUT2D eigenvalue weighted by molar-refractivity contribution is 4.86. The second kappa shape index (κ2) is 4.94. The maximum absolute atomic E-state index is 10.1. The van der Waals surface area contributed by atoms with Crippen molar-refractivity contribution in [1.29, 1.82) is 0 Å². The summed E-state index contributed by atoms with van der Waals surface area (Å²) >= 11 is 0. The smallest absolute Gasteiger partial charge is 0.0795 e. The fourth-order valence-electron chi connectivity index (χ4n) is 1.66. The van der Waals surface area contributed by atoms with Crippen LogP contribution in [0.2, 0.25) is 0 Å². The van der Waals surface area contributed by atoms with Gasteiger partial charge < -0.3 is 15.7 Å². The molecule has 0 spiro atoms. The van der Waals surface area contributed by atoms with Crippen LogP contribution in [0.25, 0.3) is 0 Å². The minimum atomic E-state index is -0.458. The summed E-state index contributed by atoms with van der Waals surface area (Å²) in [6.07, 6.45) is 1.75. The van der Waals surface area contributed by atoms with Gasteiger partial charge in [0.15, 0.2) is 0 Å². The molecule has 1 rings (SSSR count). The van der Waals surface area contributed by atoms with Crippen LogP contribution in [0, 0.1) is 5.92 Å². The van der Waals surface area contributed by atoms with Gasteiger partial charge in [0.25, 0.3) is 0 Å². The number of rotatable bonds is 4. The van der Waals surface area contributed by atoms with Crippen molar-refractivity contribution in [2.45, 2.75) is 32.3 Å². The first kappa shape index (κ1) is 11.0. The molecule has 13 heavy (non-hydrogen) atoms. The summed E-state index contributed by atoms with van der Waals surface area (Å²) < 4.78 is 0. The molecule has 0 radical (unpaired) electrons. The van der Waals surface area contributed by atoms with Gasteiger partial charge in [-0.2, -0.15) is 0 Å². The lowest BCUT2D eigenvalue weighted by atomic mass is 9.92. The Kier molecular flexibility index (Phi) is 4.16. The van der Waals surface area contributed by atoms with E-state index in [9.17, 15) is 5.11 Å². The monoisotopic (exact) mass is 186 g/mol. The Morgan fingerprint density at radius 3 is 2.54 bits per heavy atom. The highest BCUT2D eigenvalue weighted by atomic mass is 16.3. The largest absolute Gasteiger partial charge is 0.388 e. The highest BCUT2D eigenvalue weighted by Crippen LogP contribution is 2.16. The Bertz CT molecular complexity index is 142. The first-order chi connectivity index (χ1) is 6.12. The number of hydrogen-bond donors (Lipinski definition) is 3. The van der Waals surface area contributed by atoms with Crippen LogP contribution in [-0.4, -0.2) is 36.9 Å². The molecule has 3 N–H and O–H groups in total. The molecule has 78 valence electrons. The number of aliphatic hydroxyl groups is 1. The van der Waals surface area contributed by atoms with E-state index < -0.39 is 5.60 Å². The van der Waals surface area contributed by atoms with Gasteiger partial charge in [0.05, 0.1) is 5.60 Å². The Hall–Kier alpha value is -0.120. The van der Waals surface area contributed by atoms with E-state index in [1.54, 1.807) is 0 Å². The molecule has 0 unspecified atom stereocenters. The van der Waals surface area contributed by atoms with Crippen LogP contribution in [-0.2, 0) is 0 Å². The lowest BCUT2D eigenvalue weighted by Gasteiger charge is -2.33. The van der Waals surface area contributed by atoms with E-state index in [1.807, 2.05) is 0 Å². The van der Waals surface area contributed by atoms with E-state index >= 15 is 0 Å². The zero-order valence-electron chi connectivity index (χ0n) is 8.77. The number of hydrogen-bond acceptors (Lipinski definition) is 3. The van der Waals surface area contributed by atoms with Gasteiger partial charge in [-0.25, -0.2) is 0 Å². The highest BCUT2D eigenvalue weighted by Gasteiger charge is 2.28. The van der Waals surface area contributed by atoms with Crippen molar-refractivity contribution in [3.63, 3.8) is 0 Å². The van der Waals surface area contributed by atoms with Gasteiger partial charge in [-0.15, -0.1) is 0 Å². The van der Waals surface area contributed by atoms with E-state index in [2.05, 4.69) is 24.5 Å². The lowest BCUT2D eigenvalue weighted by molar-refractivity contribution is 0.0108. The second-order valence-electron chi connectivity index (χ2n) is 4.50. The van der Waals surface area contributed by atoms with Gasteiger partial charge in [-0.1, -0.05) is 13.8 Å². The summed E-state index contributed by atoms with van der Waals surface area (Å²) in [5, 5.41) is 16.7. The Morgan fingerprint density at radius 1 is 1.38 bits per heavy atom. The topological polar surface area (TPSA) is 44.3 Å². The lowest BCUT2D eigenvalue weighted by Crippen LogP contribution is -2.48. The van der Waals surface area contributed by atoms with Crippen molar-refractivity contribution in [3.8, 4) is 0 Å². The molecule has 1 heterocycles. The Balaban J connectivity index is 2.17. The molecule has 1 fully saturated rings. The third-order valence-corrected chi connectivity index (χ3v) is 2.54. The van der Waals surface area contributed by atoms with Crippen molar-refractivity contribution in [2.24, 2.45) is 5.92 Å². The average molecular weight is 186 g/mol. The molecule has 1 aliphatic heterocycles. The predicted molar refractivity (Wildman–Crippen MR) is 54.8 cm³/mol. The molecule has 0 aromatic carbocycles. The van der Waals surface area contributed by atoms with Gasteiger partial charge in [-0.05, 0) is 38.4 Å². The third-order valence-electron chi connectivity index (χ3n) is 2.54. The van der Waals surface area contributed by atoms with Crippen LogP contribution in [0.1, 0.15) is 26.7 Å². The molecule has 1 aliphatic rings. The van der Waals surface area contributed by atoms with E-state index in [0.717, 1.165) is 39.0 Å². The molecular weight excluding hydrogens is 164 g/mol. The predicted octanol–water partition coefficient (Wildman–Crippen LogP) is 0.346. The first-order valence-electron chi connectivity index (χ1n) is 5.26. The summed E-state index contributed by atoms with van der Waals surface area (Å²) in [6.45, 7) is 7.99. The summed E-state index contributed by atoms with van der Waals surface area (Å²) in [5.41, 5.74) is -0.458. The molecule has 3 nitrogen and oxygen atoms in total. The van der Waals surface area contributed by atoms with Crippen molar-refractivity contribution in [2.75, 3.05) is 26.2 Å². The fraction of sp³-hybridized carbons (Fsp3) is 1.00. The molecule has 0 aromatic rings. The van der Waals surface area contributed by atoms with E-state index in [0.29, 0.717) is 5.92 Å². The van der Waals surface area contributed by atoms with Crippen LogP contribution in [0.3, 0.4) is 0 Å². The van der Waals surface area contributed by atoms with Gasteiger partial charge in [-0.3, -0.25) is 0 Å². The van der Waals surface area contributed by atoms with Gasteiger partial charge >= 0.3 is 0 Å². The minimum Gasteiger partial charge on any atom is -0.388 e. The van der Waals surface area contributed by atoms with Crippen LogP contribution in [0.15, 0.2) is 0 Å². The molecular formula is C10H22N2O. The van der Waals surface area contributed by atoms with Crippen molar-refractivity contribution < 1.29 is 5.11 Å². The van der Waals surface area contributed by atoms with Crippen LogP contribution < -0.4 is 10.6 Å². The molecule has 3 heteroatoms. The molecule has 0 atom stereocenters.